The molecule has 0 saturated heterocycles. The number of pyridine rings is 1. The van der Waals surface area contributed by atoms with Gasteiger partial charge in [0, 0.05) is 26.4 Å². The molecule has 0 aromatic carbocycles. The number of guanidine groups is 1. The van der Waals surface area contributed by atoms with Crippen molar-refractivity contribution in [2.45, 2.75) is 20.4 Å². The van der Waals surface area contributed by atoms with Crippen LogP contribution in [0.5, 0.6) is 0 Å². The zero-order valence-corrected chi connectivity index (χ0v) is 13.4. The van der Waals surface area contributed by atoms with Crippen LogP contribution in [0.25, 0.3) is 5.65 Å². The molecule has 0 fully saturated rings. The summed E-state index contributed by atoms with van der Waals surface area (Å²) >= 11 is 0. The molecule has 0 aliphatic carbocycles. The Bertz CT molecular complexity index is 607. The van der Waals surface area contributed by atoms with Gasteiger partial charge in [0.15, 0.2) is 17.4 Å². The lowest BCUT2D eigenvalue weighted by Gasteiger charge is -2.12. The second-order valence-electron chi connectivity index (χ2n) is 5.37. The van der Waals surface area contributed by atoms with Crippen molar-refractivity contribution >= 4 is 11.6 Å². The lowest BCUT2D eigenvalue weighted by molar-refractivity contribution is 0.114. The summed E-state index contributed by atoms with van der Waals surface area (Å²) in [5.41, 5.74) is 0.837. The maximum atomic E-state index is 5.53. The van der Waals surface area contributed by atoms with E-state index in [1.807, 2.05) is 28.8 Å². The minimum absolute atomic E-state index is 0.553. The summed E-state index contributed by atoms with van der Waals surface area (Å²) in [6.07, 6.45) is 1.95. The third-order valence-corrected chi connectivity index (χ3v) is 3.01. The van der Waals surface area contributed by atoms with Gasteiger partial charge in [0.1, 0.15) is 0 Å². The number of nitrogens with one attached hydrogen (secondary N) is 2. The average Bonchev–Trinajstić information content (AvgIpc) is 2.93. The first kappa shape index (κ1) is 16.2. The van der Waals surface area contributed by atoms with E-state index in [0.29, 0.717) is 25.6 Å². The van der Waals surface area contributed by atoms with Crippen LogP contribution in [0, 0.1) is 5.92 Å². The van der Waals surface area contributed by atoms with Crippen LogP contribution in [0.2, 0.25) is 0 Å². The van der Waals surface area contributed by atoms with Crippen molar-refractivity contribution < 1.29 is 4.74 Å². The van der Waals surface area contributed by atoms with E-state index >= 15 is 0 Å². The minimum atomic E-state index is 0.553. The van der Waals surface area contributed by atoms with Crippen molar-refractivity contribution in [3.05, 3.63) is 30.2 Å². The fourth-order valence-electron chi connectivity index (χ4n) is 1.96. The highest BCUT2D eigenvalue weighted by atomic mass is 16.5. The monoisotopic (exact) mass is 304 g/mol. The predicted molar refractivity (Wildman–Crippen MR) is 86.8 cm³/mol. The van der Waals surface area contributed by atoms with Crippen LogP contribution in [-0.2, 0) is 11.3 Å². The molecule has 0 aliphatic heterocycles. The molecule has 0 radical (unpaired) electrons. The number of aromatic nitrogens is 3. The molecule has 0 bridgehead atoms. The first-order chi connectivity index (χ1) is 10.7. The summed E-state index contributed by atoms with van der Waals surface area (Å²) in [5, 5.41) is 14.7. The van der Waals surface area contributed by atoms with Crippen LogP contribution >= 0.6 is 0 Å². The van der Waals surface area contributed by atoms with E-state index in [2.05, 4.69) is 39.7 Å². The first-order valence-corrected chi connectivity index (χ1v) is 7.51. The highest BCUT2D eigenvalue weighted by molar-refractivity contribution is 5.79. The van der Waals surface area contributed by atoms with Crippen LogP contribution in [0.15, 0.2) is 29.4 Å². The fraction of sp³-hybridized carbons (Fsp3) is 0.533. The molecule has 2 rings (SSSR count). The van der Waals surface area contributed by atoms with Gasteiger partial charge in [0.25, 0.3) is 0 Å². The van der Waals surface area contributed by atoms with Gasteiger partial charge in [-0.15, -0.1) is 10.2 Å². The van der Waals surface area contributed by atoms with E-state index in [-0.39, 0.29) is 0 Å². The molecule has 0 amide bonds. The smallest absolute Gasteiger partial charge is 0.191 e. The van der Waals surface area contributed by atoms with E-state index in [0.717, 1.165) is 24.0 Å². The molecule has 120 valence electrons. The van der Waals surface area contributed by atoms with Gasteiger partial charge in [-0.3, -0.25) is 9.39 Å². The summed E-state index contributed by atoms with van der Waals surface area (Å²) < 4.78 is 7.48. The lowest BCUT2D eigenvalue weighted by atomic mass is 10.2. The van der Waals surface area contributed by atoms with E-state index in [1.165, 1.54) is 0 Å². The van der Waals surface area contributed by atoms with Gasteiger partial charge in [0.05, 0.1) is 13.2 Å². The molecule has 0 aliphatic rings. The van der Waals surface area contributed by atoms with Crippen LogP contribution in [0.3, 0.4) is 0 Å². The topological polar surface area (TPSA) is 75.8 Å². The Labute approximate surface area is 130 Å². The number of nitrogens with zero attached hydrogens (tertiary/aromatic N) is 4. The third-order valence-electron chi connectivity index (χ3n) is 3.01. The quantitative estimate of drug-likeness (QED) is 0.454. The van der Waals surface area contributed by atoms with Gasteiger partial charge in [-0.25, -0.2) is 0 Å². The summed E-state index contributed by atoms with van der Waals surface area (Å²) in [6.45, 7) is 6.98. The van der Waals surface area contributed by atoms with E-state index in [4.69, 9.17) is 4.74 Å². The Morgan fingerprint density at radius 2 is 2.18 bits per heavy atom. The number of hydrogen-bond acceptors (Lipinski definition) is 4. The van der Waals surface area contributed by atoms with E-state index < -0.39 is 0 Å². The highest BCUT2D eigenvalue weighted by Crippen LogP contribution is 2.02. The molecule has 7 nitrogen and oxygen atoms in total. The second-order valence-corrected chi connectivity index (χ2v) is 5.37. The Hall–Kier alpha value is -2.15. The Morgan fingerprint density at radius 3 is 2.95 bits per heavy atom. The van der Waals surface area contributed by atoms with Gasteiger partial charge in [-0.05, 0) is 18.1 Å². The Morgan fingerprint density at radius 1 is 1.32 bits per heavy atom. The second kappa shape index (κ2) is 8.33. The molecule has 22 heavy (non-hydrogen) atoms. The SMILES string of the molecule is CN=C(NCCOCC(C)C)NCc1nnc2ccccn12. The van der Waals surface area contributed by atoms with Gasteiger partial charge >= 0.3 is 0 Å². The molecule has 2 aromatic rings. The van der Waals surface area contributed by atoms with Gasteiger partial charge < -0.3 is 15.4 Å². The molecule has 7 heteroatoms. The van der Waals surface area contributed by atoms with Crippen molar-refractivity contribution in [3.8, 4) is 0 Å². The summed E-state index contributed by atoms with van der Waals surface area (Å²) in [6, 6.07) is 5.83. The first-order valence-electron chi connectivity index (χ1n) is 7.51. The normalized spacial score (nSPS) is 12.1. The molecule has 0 saturated carbocycles. The molecule has 2 N–H and O–H groups in total. The number of ether oxygens (including phenoxy) is 1. The number of aliphatic imine (C=N–C) groups is 1. The predicted octanol–water partition coefficient (Wildman–Crippen LogP) is 1.07. The van der Waals surface area contributed by atoms with Crippen LogP contribution in [0.4, 0.5) is 0 Å². The average molecular weight is 304 g/mol. The van der Waals surface area contributed by atoms with Crippen molar-refractivity contribution in [2.24, 2.45) is 10.9 Å². The van der Waals surface area contributed by atoms with Crippen molar-refractivity contribution in [2.75, 3.05) is 26.8 Å². The molecule has 2 aromatic heterocycles. The van der Waals surface area contributed by atoms with E-state index in [9.17, 15) is 0 Å². The van der Waals surface area contributed by atoms with E-state index in [1.54, 1.807) is 7.05 Å². The lowest BCUT2D eigenvalue weighted by Crippen LogP contribution is -2.39. The van der Waals surface area contributed by atoms with Gasteiger partial charge in [-0.1, -0.05) is 19.9 Å². The molecule has 0 unspecified atom stereocenters. The fourth-order valence-corrected chi connectivity index (χ4v) is 1.96. The van der Waals surface area contributed by atoms with Crippen molar-refractivity contribution in [1.82, 2.24) is 25.2 Å². The standard InChI is InChI=1S/C15H24N6O/c1-12(2)11-22-9-7-17-15(16-3)18-10-14-20-19-13-6-4-5-8-21(13)14/h4-6,8,12H,7,9-11H2,1-3H3,(H2,16,17,18). The molecular formula is C15H24N6O. The third kappa shape index (κ3) is 4.70. The largest absolute Gasteiger partial charge is 0.379 e. The zero-order chi connectivity index (χ0) is 15.8. The highest BCUT2D eigenvalue weighted by Gasteiger charge is 2.05. The summed E-state index contributed by atoms with van der Waals surface area (Å²) in [7, 11) is 1.74. The Kier molecular flexibility index (Phi) is 6.14. The maximum absolute atomic E-state index is 5.53. The molecular weight excluding hydrogens is 280 g/mol. The van der Waals surface area contributed by atoms with Crippen LogP contribution < -0.4 is 10.6 Å². The van der Waals surface area contributed by atoms with Crippen molar-refractivity contribution in [3.63, 3.8) is 0 Å². The summed E-state index contributed by atoms with van der Waals surface area (Å²) in [5.74, 6) is 2.12. The van der Waals surface area contributed by atoms with Gasteiger partial charge in [-0.2, -0.15) is 0 Å². The molecule has 0 spiro atoms. The zero-order valence-electron chi connectivity index (χ0n) is 13.4. The maximum Gasteiger partial charge on any atom is 0.191 e. The number of hydrogen-bond donors (Lipinski definition) is 2. The van der Waals surface area contributed by atoms with Crippen LogP contribution in [-0.4, -0.2) is 47.4 Å². The number of rotatable bonds is 7. The minimum Gasteiger partial charge on any atom is -0.379 e. The number of fused-ring (bicyclic) bond motifs is 1. The Balaban J connectivity index is 1.77. The van der Waals surface area contributed by atoms with Crippen molar-refractivity contribution in [1.29, 1.82) is 0 Å². The molecule has 2 heterocycles. The van der Waals surface area contributed by atoms with Gasteiger partial charge in [0.2, 0.25) is 0 Å². The summed E-state index contributed by atoms with van der Waals surface area (Å²) in [4.78, 5) is 4.18. The molecule has 0 atom stereocenters. The van der Waals surface area contributed by atoms with Crippen LogP contribution in [0.1, 0.15) is 19.7 Å².